The molecule has 0 aromatic rings. The highest BCUT2D eigenvalue weighted by Gasteiger charge is 2.34. The molecule has 106 valence electrons. The van der Waals surface area contributed by atoms with Crippen LogP contribution in [-0.2, 0) is 23.9 Å². The Balaban J connectivity index is 2.85. The summed E-state index contributed by atoms with van der Waals surface area (Å²) >= 11 is 0. The standard InChI is InChI=1S/C13H19NO5/c1-4-18-12(16)8-10-6-7-11(15)14(10)9(3)13(17)19-5-2/h8-9H,4-7H2,1-3H3/b10-8+. The molecule has 1 fully saturated rings. The first-order valence-electron chi connectivity index (χ1n) is 6.37. The van der Waals surface area contributed by atoms with Crippen molar-refractivity contribution in [3.8, 4) is 0 Å². The molecule has 1 rings (SSSR count). The second-order valence-electron chi connectivity index (χ2n) is 4.08. The van der Waals surface area contributed by atoms with Gasteiger partial charge in [0, 0.05) is 18.2 Å². The van der Waals surface area contributed by atoms with Crippen LogP contribution >= 0.6 is 0 Å². The highest BCUT2D eigenvalue weighted by atomic mass is 16.5. The Hall–Kier alpha value is -1.85. The lowest BCUT2D eigenvalue weighted by Gasteiger charge is -2.24. The monoisotopic (exact) mass is 269 g/mol. The van der Waals surface area contributed by atoms with Crippen molar-refractivity contribution in [1.82, 2.24) is 4.90 Å². The van der Waals surface area contributed by atoms with E-state index >= 15 is 0 Å². The first-order valence-corrected chi connectivity index (χ1v) is 6.37. The van der Waals surface area contributed by atoms with Gasteiger partial charge in [0.1, 0.15) is 6.04 Å². The van der Waals surface area contributed by atoms with E-state index in [-0.39, 0.29) is 25.5 Å². The number of rotatable bonds is 5. The zero-order chi connectivity index (χ0) is 14.4. The van der Waals surface area contributed by atoms with Gasteiger partial charge < -0.3 is 14.4 Å². The summed E-state index contributed by atoms with van der Waals surface area (Å²) in [7, 11) is 0. The van der Waals surface area contributed by atoms with Crippen LogP contribution in [-0.4, -0.2) is 42.0 Å². The minimum atomic E-state index is -0.726. The first kappa shape index (κ1) is 15.2. The fourth-order valence-electron chi connectivity index (χ4n) is 1.93. The van der Waals surface area contributed by atoms with E-state index in [0.29, 0.717) is 12.1 Å². The van der Waals surface area contributed by atoms with Gasteiger partial charge in [0.05, 0.1) is 13.2 Å². The van der Waals surface area contributed by atoms with E-state index in [4.69, 9.17) is 9.47 Å². The van der Waals surface area contributed by atoms with Gasteiger partial charge in [0.15, 0.2) is 0 Å². The molecule has 0 bridgehead atoms. The minimum Gasteiger partial charge on any atom is -0.464 e. The van der Waals surface area contributed by atoms with Crippen LogP contribution in [0.2, 0.25) is 0 Å². The number of hydrogen-bond donors (Lipinski definition) is 0. The van der Waals surface area contributed by atoms with Crippen molar-refractivity contribution in [3.63, 3.8) is 0 Å². The molecule has 6 heteroatoms. The Bertz CT molecular complexity index is 402. The number of esters is 2. The summed E-state index contributed by atoms with van der Waals surface area (Å²) in [6.45, 7) is 5.51. The second kappa shape index (κ2) is 6.92. The van der Waals surface area contributed by atoms with E-state index in [0.717, 1.165) is 0 Å². The Morgan fingerprint density at radius 2 is 1.89 bits per heavy atom. The van der Waals surface area contributed by atoms with Crippen LogP contribution in [0.1, 0.15) is 33.6 Å². The van der Waals surface area contributed by atoms with Crippen molar-refractivity contribution in [2.45, 2.75) is 39.7 Å². The molecule has 0 N–H and O–H groups in total. The Morgan fingerprint density at radius 1 is 1.26 bits per heavy atom. The van der Waals surface area contributed by atoms with E-state index in [1.54, 1.807) is 20.8 Å². The number of carbonyl (C=O) groups is 3. The predicted octanol–water partition coefficient (Wildman–Crippen LogP) is 1.01. The average molecular weight is 269 g/mol. The van der Waals surface area contributed by atoms with Crippen LogP contribution < -0.4 is 0 Å². The highest BCUT2D eigenvalue weighted by Crippen LogP contribution is 2.25. The molecule has 0 aromatic heterocycles. The van der Waals surface area contributed by atoms with Crippen LogP contribution in [0.15, 0.2) is 11.8 Å². The van der Waals surface area contributed by atoms with Gasteiger partial charge in [-0.15, -0.1) is 0 Å². The number of hydrogen-bond acceptors (Lipinski definition) is 5. The van der Waals surface area contributed by atoms with E-state index in [1.807, 2.05) is 0 Å². The quantitative estimate of drug-likeness (QED) is 0.550. The third kappa shape index (κ3) is 3.81. The van der Waals surface area contributed by atoms with Gasteiger partial charge in [0.2, 0.25) is 5.91 Å². The maximum Gasteiger partial charge on any atom is 0.332 e. The lowest BCUT2D eigenvalue weighted by atomic mass is 10.2. The van der Waals surface area contributed by atoms with Crippen molar-refractivity contribution in [2.24, 2.45) is 0 Å². The fraction of sp³-hybridized carbons (Fsp3) is 0.615. The van der Waals surface area contributed by atoms with Crippen molar-refractivity contribution in [3.05, 3.63) is 11.8 Å². The number of likely N-dealkylation sites (tertiary alicyclic amines) is 1. The zero-order valence-corrected chi connectivity index (χ0v) is 11.5. The van der Waals surface area contributed by atoms with Crippen LogP contribution in [0.3, 0.4) is 0 Å². The number of ether oxygens (including phenoxy) is 2. The average Bonchev–Trinajstić information content (AvgIpc) is 2.70. The van der Waals surface area contributed by atoms with Crippen LogP contribution in [0.4, 0.5) is 0 Å². The SMILES string of the molecule is CCOC(=O)/C=C1\CCC(=O)N1C(C)C(=O)OCC. The summed E-state index contributed by atoms with van der Waals surface area (Å²) in [5, 5.41) is 0. The highest BCUT2D eigenvalue weighted by molar-refractivity contribution is 5.90. The lowest BCUT2D eigenvalue weighted by Crippen LogP contribution is -2.40. The number of allylic oxidation sites excluding steroid dienone is 1. The molecule has 1 aliphatic rings. The molecule has 19 heavy (non-hydrogen) atoms. The van der Waals surface area contributed by atoms with Crippen LogP contribution in [0.5, 0.6) is 0 Å². The molecule has 1 amide bonds. The van der Waals surface area contributed by atoms with Gasteiger partial charge in [-0.2, -0.15) is 0 Å². The van der Waals surface area contributed by atoms with Crippen molar-refractivity contribution in [1.29, 1.82) is 0 Å². The first-order chi connectivity index (χ1) is 9.01. The Kier molecular flexibility index (Phi) is 5.54. The van der Waals surface area contributed by atoms with Crippen molar-refractivity contribution < 1.29 is 23.9 Å². The molecular formula is C13H19NO5. The summed E-state index contributed by atoms with van der Waals surface area (Å²) < 4.78 is 9.69. The normalized spacial score (nSPS) is 18.6. The van der Waals surface area contributed by atoms with E-state index < -0.39 is 18.0 Å². The molecule has 0 spiro atoms. The molecule has 0 saturated carbocycles. The summed E-state index contributed by atoms with van der Waals surface area (Å²) in [5.74, 6) is -1.17. The second-order valence-corrected chi connectivity index (χ2v) is 4.08. The van der Waals surface area contributed by atoms with Crippen LogP contribution in [0, 0.1) is 0 Å². The summed E-state index contributed by atoms with van der Waals surface area (Å²) in [6.07, 6.45) is 1.99. The van der Waals surface area contributed by atoms with Gasteiger partial charge in [-0.25, -0.2) is 9.59 Å². The molecule has 0 aromatic carbocycles. The third-order valence-electron chi connectivity index (χ3n) is 2.76. The van der Waals surface area contributed by atoms with Crippen LogP contribution in [0.25, 0.3) is 0 Å². The molecule has 0 aliphatic carbocycles. The summed E-state index contributed by atoms with van der Waals surface area (Å²) in [5.41, 5.74) is 0.504. The van der Waals surface area contributed by atoms with Crippen molar-refractivity contribution >= 4 is 17.8 Å². The molecule has 1 unspecified atom stereocenters. The summed E-state index contributed by atoms with van der Waals surface area (Å²) in [6, 6.07) is -0.726. The molecule has 1 aliphatic heterocycles. The summed E-state index contributed by atoms with van der Waals surface area (Å²) in [4.78, 5) is 36.2. The molecular weight excluding hydrogens is 250 g/mol. The molecule has 1 saturated heterocycles. The number of nitrogens with zero attached hydrogens (tertiary/aromatic N) is 1. The lowest BCUT2D eigenvalue weighted by molar-refractivity contribution is -0.151. The largest absolute Gasteiger partial charge is 0.464 e. The van der Waals surface area contributed by atoms with Gasteiger partial charge in [0.25, 0.3) is 0 Å². The fourth-order valence-corrected chi connectivity index (χ4v) is 1.93. The predicted molar refractivity (Wildman–Crippen MR) is 66.9 cm³/mol. The maximum absolute atomic E-state index is 11.8. The molecule has 0 radical (unpaired) electrons. The molecule has 6 nitrogen and oxygen atoms in total. The zero-order valence-electron chi connectivity index (χ0n) is 11.5. The van der Waals surface area contributed by atoms with Gasteiger partial charge in [-0.3, -0.25) is 4.79 Å². The minimum absolute atomic E-state index is 0.184. The Labute approximate surface area is 112 Å². The maximum atomic E-state index is 11.8. The smallest absolute Gasteiger partial charge is 0.332 e. The number of carbonyl (C=O) groups excluding carboxylic acids is 3. The van der Waals surface area contributed by atoms with Gasteiger partial charge in [-0.05, 0) is 27.2 Å². The van der Waals surface area contributed by atoms with Gasteiger partial charge in [-0.1, -0.05) is 0 Å². The number of amides is 1. The van der Waals surface area contributed by atoms with E-state index in [2.05, 4.69) is 0 Å². The van der Waals surface area contributed by atoms with E-state index in [9.17, 15) is 14.4 Å². The Morgan fingerprint density at radius 3 is 2.47 bits per heavy atom. The van der Waals surface area contributed by atoms with E-state index in [1.165, 1.54) is 11.0 Å². The van der Waals surface area contributed by atoms with Gasteiger partial charge >= 0.3 is 11.9 Å². The topological polar surface area (TPSA) is 72.9 Å². The van der Waals surface area contributed by atoms with Crippen molar-refractivity contribution in [2.75, 3.05) is 13.2 Å². The molecule has 1 heterocycles. The third-order valence-corrected chi connectivity index (χ3v) is 2.76. The molecule has 1 atom stereocenters.